The lowest BCUT2D eigenvalue weighted by atomic mass is 9.79. The summed E-state index contributed by atoms with van der Waals surface area (Å²) in [7, 11) is 0. The molecule has 3 rings (SSSR count). The molecular weight excluding hydrogens is 300 g/mol. The summed E-state index contributed by atoms with van der Waals surface area (Å²) in [6, 6.07) is 7.59. The maximum Gasteiger partial charge on any atom is 0.242 e. The van der Waals surface area contributed by atoms with Gasteiger partial charge in [0.25, 0.3) is 0 Å². The van der Waals surface area contributed by atoms with Gasteiger partial charge in [-0.05, 0) is 37.0 Å². The van der Waals surface area contributed by atoms with Crippen molar-refractivity contribution in [2.24, 2.45) is 0 Å². The highest BCUT2D eigenvalue weighted by molar-refractivity contribution is 6.30. The maximum absolute atomic E-state index is 12.2. The summed E-state index contributed by atoms with van der Waals surface area (Å²) in [4.78, 5) is 23.5. The van der Waals surface area contributed by atoms with Crippen LogP contribution in [0.5, 0.6) is 0 Å². The van der Waals surface area contributed by atoms with Crippen molar-refractivity contribution in [1.29, 1.82) is 0 Å². The molecule has 2 fully saturated rings. The van der Waals surface area contributed by atoms with Crippen LogP contribution < -0.4 is 10.6 Å². The van der Waals surface area contributed by atoms with Gasteiger partial charge < -0.3 is 10.6 Å². The molecule has 1 aliphatic heterocycles. The lowest BCUT2D eigenvalue weighted by Crippen LogP contribution is -2.46. The highest BCUT2D eigenvalue weighted by Crippen LogP contribution is 2.41. The molecule has 2 N–H and O–H groups in total. The standard InChI is InChI=1S/C17H21ClN2O2/c18-13-5-3-12(4-6-13)17(9-1-2-10-17)11-19-16(22)14-7-8-15(21)20-14/h3-6,14H,1-2,7-11H2,(H,19,22)(H,20,21)/t14-/m1/s1. The van der Waals surface area contributed by atoms with Gasteiger partial charge >= 0.3 is 0 Å². The van der Waals surface area contributed by atoms with Gasteiger partial charge in [-0.1, -0.05) is 36.6 Å². The molecule has 22 heavy (non-hydrogen) atoms. The summed E-state index contributed by atoms with van der Waals surface area (Å²) in [5.41, 5.74) is 1.24. The molecule has 1 atom stereocenters. The van der Waals surface area contributed by atoms with E-state index >= 15 is 0 Å². The Balaban J connectivity index is 1.68. The van der Waals surface area contributed by atoms with Crippen LogP contribution in [0, 0.1) is 0 Å². The number of benzene rings is 1. The molecule has 2 amide bonds. The van der Waals surface area contributed by atoms with E-state index in [9.17, 15) is 9.59 Å². The molecule has 1 aromatic carbocycles. The van der Waals surface area contributed by atoms with E-state index in [-0.39, 0.29) is 23.3 Å². The first-order valence-electron chi connectivity index (χ1n) is 7.92. The molecule has 1 saturated carbocycles. The molecule has 118 valence electrons. The number of hydrogen-bond donors (Lipinski definition) is 2. The van der Waals surface area contributed by atoms with Gasteiger partial charge in [0.1, 0.15) is 6.04 Å². The fraction of sp³-hybridized carbons (Fsp3) is 0.529. The van der Waals surface area contributed by atoms with Crippen LogP contribution in [0.2, 0.25) is 5.02 Å². The van der Waals surface area contributed by atoms with Gasteiger partial charge in [-0.15, -0.1) is 0 Å². The second-order valence-corrected chi connectivity index (χ2v) is 6.81. The van der Waals surface area contributed by atoms with Gasteiger partial charge in [0, 0.05) is 23.4 Å². The quantitative estimate of drug-likeness (QED) is 0.895. The SMILES string of the molecule is O=C1CC[C@H](C(=O)NCC2(c3ccc(Cl)cc3)CCCC2)N1. The Morgan fingerprint density at radius 3 is 2.55 bits per heavy atom. The summed E-state index contributed by atoms with van der Waals surface area (Å²) in [5.74, 6) is -0.0977. The minimum absolute atomic E-state index is 0.00284. The van der Waals surface area contributed by atoms with Gasteiger partial charge in [-0.2, -0.15) is 0 Å². The molecule has 0 radical (unpaired) electrons. The van der Waals surface area contributed by atoms with Crippen molar-refractivity contribution in [2.75, 3.05) is 6.54 Å². The molecule has 1 saturated heterocycles. The summed E-state index contributed by atoms with van der Waals surface area (Å²) in [6.07, 6.45) is 5.55. The van der Waals surface area contributed by atoms with Crippen LogP contribution in [0.1, 0.15) is 44.1 Å². The number of nitrogens with one attached hydrogen (secondary N) is 2. The van der Waals surface area contributed by atoms with E-state index in [0.29, 0.717) is 19.4 Å². The van der Waals surface area contributed by atoms with Gasteiger partial charge in [-0.25, -0.2) is 0 Å². The third-order valence-electron chi connectivity index (χ3n) is 4.93. The first-order chi connectivity index (χ1) is 10.6. The van der Waals surface area contributed by atoms with Crippen molar-refractivity contribution >= 4 is 23.4 Å². The van der Waals surface area contributed by atoms with Crippen LogP contribution in [-0.4, -0.2) is 24.4 Å². The van der Waals surface area contributed by atoms with Crippen molar-refractivity contribution in [3.63, 3.8) is 0 Å². The van der Waals surface area contributed by atoms with Crippen molar-refractivity contribution < 1.29 is 9.59 Å². The highest BCUT2D eigenvalue weighted by atomic mass is 35.5. The van der Waals surface area contributed by atoms with Crippen LogP contribution in [0.25, 0.3) is 0 Å². The van der Waals surface area contributed by atoms with Crippen molar-refractivity contribution in [1.82, 2.24) is 10.6 Å². The maximum atomic E-state index is 12.2. The molecule has 0 spiro atoms. The first kappa shape index (κ1) is 15.3. The zero-order valence-corrected chi connectivity index (χ0v) is 13.3. The Morgan fingerprint density at radius 2 is 1.95 bits per heavy atom. The van der Waals surface area contributed by atoms with Gasteiger partial charge in [0.15, 0.2) is 0 Å². The van der Waals surface area contributed by atoms with Crippen LogP contribution >= 0.6 is 11.6 Å². The van der Waals surface area contributed by atoms with Crippen LogP contribution in [0.3, 0.4) is 0 Å². The molecule has 1 heterocycles. The first-order valence-corrected chi connectivity index (χ1v) is 8.30. The van der Waals surface area contributed by atoms with E-state index in [2.05, 4.69) is 22.8 Å². The van der Waals surface area contributed by atoms with E-state index in [1.807, 2.05) is 12.1 Å². The molecule has 4 nitrogen and oxygen atoms in total. The topological polar surface area (TPSA) is 58.2 Å². The Hall–Kier alpha value is -1.55. The molecule has 0 unspecified atom stereocenters. The van der Waals surface area contributed by atoms with Crippen molar-refractivity contribution in [3.8, 4) is 0 Å². The lowest BCUT2D eigenvalue weighted by Gasteiger charge is -2.30. The molecule has 1 aliphatic carbocycles. The van der Waals surface area contributed by atoms with E-state index in [4.69, 9.17) is 11.6 Å². The number of amides is 2. The third-order valence-corrected chi connectivity index (χ3v) is 5.18. The van der Waals surface area contributed by atoms with Crippen LogP contribution in [-0.2, 0) is 15.0 Å². The second-order valence-electron chi connectivity index (χ2n) is 6.37. The normalized spacial score (nSPS) is 23.3. The molecule has 5 heteroatoms. The van der Waals surface area contributed by atoms with Crippen molar-refractivity contribution in [2.45, 2.75) is 50.0 Å². The fourth-order valence-corrected chi connectivity index (χ4v) is 3.74. The fourth-order valence-electron chi connectivity index (χ4n) is 3.61. The van der Waals surface area contributed by atoms with E-state index in [0.717, 1.165) is 17.9 Å². The predicted octanol–water partition coefficient (Wildman–Crippen LogP) is 2.55. The van der Waals surface area contributed by atoms with E-state index < -0.39 is 0 Å². The molecule has 0 bridgehead atoms. The third kappa shape index (κ3) is 3.12. The minimum atomic E-state index is -0.365. The predicted molar refractivity (Wildman–Crippen MR) is 85.8 cm³/mol. The minimum Gasteiger partial charge on any atom is -0.353 e. The average molecular weight is 321 g/mol. The second kappa shape index (κ2) is 6.29. The van der Waals surface area contributed by atoms with Crippen LogP contribution in [0.4, 0.5) is 0 Å². The Labute approximate surface area is 135 Å². The Morgan fingerprint density at radius 1 is 1.27 bits per heavy atom. The van der Waals surface area contributed by atoms with Crippen LogP contribution in [0.15, 0.2) is 24.3 Å². The van der Waals surface area contributed by atoms with Gasteiger partial charge in [-0.3, -0.25) is 9.59 Å². The summed E-state index contributed by atoms with van der Waals surface area (Å²) < 4.78 is 0. The number of carbonyl (C=O) groups is 2. The Kier molecular flexibility index (Phi) is 4.39. The smallest absolute Gasteiger partial charge is 0.242 e. The molecule has 2 aliphatic rings. The van der Waals surface area contributed by atoms with Crippen molar-refractivity contribution in [3.05, 3.63) is 34.9 Å². The average Bonchev–Trinajstić information content (AvgIpc) is 3.15. The number of rotatable bonds is 4. The Bertz CT molecular complexity index is 565. The molecule has 1 aromatic rings. The largest absolute Gasteiger partial charge is 0.353 e. The van der Waals surface area contributed by atoms with Gasteiger partial charge in [0.05, 0.1) is 0 Å². The lowest BCUT2D eigenvalue weighted by molar-refractivity contribution is -0.125. The molecular formula is C17H21ClN2O2. The summed E-state index contributed by atoms with van der Waals surface area (Å²) >= 11 is 5.98. The number of halogens is 1. The number of hydrogen-bond acceptors (Lipinski definition) is 2. The summed E-state index contributed by atoms with van der Waals surface area (Å²) in [6.45, 7) is 0.625. The zero-order chi connectivity index (χ0) is 15.6. The highest BCUT2D eigenvalue weighted by Gasteiger charge is 2.37. The van der Waals surface area contributed by atoms with E-state index in [1.54, 1.807) is 0 Å². The zero-order valence-electron chi connectivity index (χ0n) is 12.5. The van der Waals surface area contributed by atoms with E-state index in [1.165, 1.54) is 18.4 Å². The van der Waals surface area contributed by atoms with Gasteiger partial charge in [0.2, 0.25) is 11.8 Å². The summed E-state index contributed by atoms with van der Waals surface area (Å²) in [5, 5.41) is 6.51. The molecule has 0 aromatic heterocycles. The monoisotopic (exact) mass is 320 g/mol. The number of carbonyl (C=O) groups excluding carboxylic acids is 2.